The summed E-state index contributed by atoms with van der Waals surface area (Å²) in [6.07, 6.45) is 5.17. The lowest BCUT2D eigenvalue weighted by atomic mass is 9.89. The third-order valence-electron chi connectivity index (χ3n) is 6.87. The Hall–Kier alpha value is -3.66. The van der Waals surface area contributed by atoms with E-state index in [4.69, 9.17) is 4.98 Å². The van der Waals surface area contributed by atoms with E-state index in [0.717, 1.165) is 48.7 Å². The Kier molecular flexibility index (Phi) is 6.57. The number of hydrogen-bond acceptors (Lipinski definition) is 2. The maximum atomic E-state index is 13.1. The summed E-state index contributed by atoms with van der Waals surface area (Å²) in [6, 6.07) is 29.4. The summed E-state index contributed by atoms with van der Waals surface area (Å²) in [5.74, 6) is 1.70. The zero-order valence-corrected chi connectivity index (χ0v) is 19.7. The van der Waals surface area contributed by atoms with Crippen LogP contribution >= 0.6 is 0 Å². The lowest BCUT2D eigenvalue weighted by Gasteiger charge is -2.32. The fourth-order valence-electron chi connectivity index (χ4n) is 4.91. The molecule has 0 radical (unpaired) electrons. The quantitative estimate of drug-likeness (QED) is 0.352. The summed E-state index contributed by atoms with van der Waals surface area (Å²) in [6.45, 7) is 3.80. The highest BCUT2D eigenvalue weighted by molar-refractivity contribution is 5.76. The maximum absolute atomic E-state index is 13.1. The number of carbonyl (C=O) groups is 1. The molecule has 0 unspecified atom stereocenters. The van der Waals surface area contributed by atoms with Gasteiger partial charge in [0.2, 0.25) is 5.91 Å². The number of amides is 1. The van der Waals surface area contributed by atoms with E-state index in [1.54, 1.807) is 0 Å². The van der Waals surface area contributed by atoms with Crippen molar-refractivity contribution < 1.29 is 4.79 Å². The first-order valence-electron chi connectivity index (χ1n) is 12.2. The molecule has 4 heteroatoms. The largest absolute Gasteiger partial charge is 0.343 e. The first-order valence-corrected chi connectivity index (χ1v) is 12.2. The van der Waals surface area contributed by atoms with Crippen LogP contribution in [0.3, 0.4) is 0 Å². The van der Waals surface area contributed by atoms with Gasteiger partial charge in [-0.25, -0.2) is 4.98 Å². The van der Waals surface area contributed by atoms with Crippen molar-refractivity contribution in [2.75, 3.05) is 13.1 Å². The summed E-state index contributed by atoms with van der Waals surface area (Å²) >= 11 is 0. The Labute approximate surface area is 201 Å². The number of aromatic nitrogens is 2. The minimum Gasteiger partial charge on any atom is -0.343 e. The Morgan fingerprint density at radius 1 is 0.882 bits per heavy atom. The Morgan fingerprint density at radius 2 is 1.53 bits per heavy atom. The van der Waals surface area contributed by atoms with Crippen molar-refractivity contribution in [1.82, 2.24) is 14.5 Å². The molecule has 3 aromatic carbocycles. The summed E-state index contributed by atoms with van der Waals surface area (Å²) in [5, 5.41) is 0. The molecule has 1 fully saturated rings. The van der Waals surface area contributed by atoms with Crippen molar-refractivity contribution in [3.63, 3.8) is 0 Å². The van der Waals surface area contributed by atoms with Gasteiger partial charge in [-0.2, -0.15) is 0 Å². The highest BCUT2D eigenvalue weighted by atomic mass is 16.2. The van der Waals surface area contributed by atoms with Crippen LogP contribution in [0.1, 0.15) is 42.0 Å². The lowest BCUT2D eigenvalue weighted by Crippen LogP contribution is -2.38. The molecular formula is C30H31N3O. The second-order valence-electron chi connectivity index (χ2n) is 9.18. The van der Waals surface area contributed by atoms with E-state index in [0.29, 0.717) is 18.8 Å². The van der Waals surface area contributed by atoms with Crippen LogP contribution in [0.25, 0.3) is 17.1 Å². The van der Waals surface area contributed by atoms with Gasteiger partial charge in [0.1, 0.15) is 5.82 Å². The number of imidazole rings is 1. The fourth-order valence-corrected chi connectivity index (χ4v) is 4.91. The molecule has 5 rings (SSSR count). The van der Waals surface area contributed by atoms with Crippen LogP contribution in [0.15, 0.2) is 91.1 Å². The number of hydrogen-bond donors (Lipinski definition) is 0. The van der Waals surface area contributed by atoms with Crippen LogP contribution in [0.5, 0.6) is 0 Å². The van der Waals surface area contributed by atoms with Crippen LogP contribution in [0.4, 0.5) is 0 Å². The number of carbonyl (C=O) groups excluding carboxylic acids is 1. The normalized spacial score (nSPS) is 14.3. The summed E-state index contributed by atoms with van der Waals surface area (Å²) in [5.41, 5.74) is 5.90. The SMILES string of the molecule is Cc1ccc(C2CCN(C(=O)CCc3cnc(-c4ccccc4)n3-c3ccccc3)CC2)cc1. The molecule has 2 heterocycles. The molecule has 0 N–H and O–H groups in total. The number of benzene rings is 3. The number of para-hydroxylation sites is 1. The molecular weight excluding hydrogens is 418 g/mol. The third kappa shape index (κ3) is 4.81. The number of piperidine rings is 1. The van der Waals surface area contributed by atoms with E-state index in [1.165, 1.54) is 11.1 Å². The standard InChI is InChI=1S/C30H31N3O/c1-23-12-14-24(15-13-23)25-18-20-32(21-19-25)29(34)17-16-28-22-31-30(26-8-4-2-5-9-26)33(28)27-10-6-3-7-11-27/h2-15,22,25H,16-21H2,1H3. The van der Waals surface area contributed by atoms with Gasteiger partial charge in [-0.1, -0.05) is 78.4 Å². The van der Waals surface area contributed by atoms with E-state index in [-0.39, 0.29) is 5.91 Å². The van der Waals surface area contributed by atoms with E-state index in [2.05, 4.69) is 60.0 Å². The van der Waals surface area contributed by atoms with Gasteiger partial charge < -0.3 is 4.90 Å². The van der Waals surface area contributed by atoms with Gasteiger partial charge in [0.25, 0.3) is 0 Å². The predicted molar refractivity (Wildman–Crippen MR) is 137 cm³/mol. The van der Waals surface area contributed by atoms with Crippen LogP contribution in [0, 0.1) is 6.92 Å². The molecule has 0 atom stereocenters. The summed E-state index contributed by atoms with van der Waals surface area (Å²) < 4.78 is 2.19. The van der Waals surface area contributed by atoms with Gasteiger partial charge in [-0.05, 0) is 49.8 Å². The molecule has 0 spiro atoms. The zero-order valence-electron chi connectivity index (χ0n) is 19.7. The Bertz CT molecular complexity index is 1220. The van der Waals surface area contributed by atoms with E-state index >= 15 is 0 Å². The van der Waals surface area contributed by atoms with E-state index in [9.17, 15) is 4.79 Å². The minimum atomic E-state index is 0.240. The summed E-state index contributed by atoms with van der Waals surface area (Å²) in [7, 11) is 0. The van der Waals surface area contributed by atoms with Crippen LogP contribution in [0.2, 0.25) is 0 Å². The van der Waals surface area contributed by atoms with Gasteiger partial charge in [-0.15, -0.1) is 0 Å². The van der Waals surface area contributed by atoms with Gasteiger partial charge in [-0.3, -0.25) is 9.36 Å². The van der Waals surface area contributed by atoms with Gasteiger partial charge >= 0.3 is 0 Å². The number of rotatable bonds is 6. The predicted octanol–water partition coefficient (Wildman–Crippen LogP) is 6.19. The van der Waals surface area contributed by atoms with Crippen molar-refractivity contribution in [1.29, 1.82) is 0 Å². The molecule has 1 aliphatic rings. The zero-order chi connectivity index (χ0) is 23.3. The molecule has 172 valence electrons. The van der Waals surface area contributed by atoms with Gasteiger partial charge in [0.05, 0.1) is 0 Å². The average Bonchev–Trinajstić information content (AvgIpc) is 3.33. The third-order valence-corrected chi connectivity index (χ3v) is 6.87. The smallest absolute Gasteiger partial charge is 0.222 e. The van der Waals surface area contributed by atoms with E-state index in [1.807, 2.05) is 47.5 Å². The molecule has 4 aromatic rings. The second kappa shape index (κ2) is 10.1. The minimum absolute atomic E-state index is 0.240. The molecule has 1 amide bonds. The summed E-state index contributed by atoms with van der Waals surface area (Å²) in [4.78, 5) is 19.9. The van der Waals surface area contributed by atoms with Crippen molar-refractivity contribution in [2.45, 2.75) is 38.5 Å². The average molecular weight is 450 g/mol. The Balaban J connectivity index is 1.27. The number of aryl methyl sites for hydroxylation is 2. The molecule has 0 bridgehead atoms. The van der Waals surface area contributed by atoms with Crippen molar-refractivity contribution in [3.8, 4) is 17.1 Å². The first kappa shape index (κ1) is 22.1. The number of nitrogens with zero attached hydrogens (tertiary/aromatic N) is 3. The van der Waals surface area contributed by atoms with Gasteiger partial charge in [0.15, 0.2) is 0 Å². The van der Waals surface area contributed by atoms with Crippen LogP contribution in [-0.2, 0) is 11.2 Å². The second-order valence-corrected chi connectivity index (χ2v) is 9.18. The molecule has 1 aliphatic heterocycles. The van der Waals surface area contributed by atoms with Crippen LogP contribution in [-0.4, -0.2) is 33.4 Å². The van der Waals surface area contributed by atoms with Crippen molar-refractivity contribution in [2.24, 2.45) is 0 Å². The molecule has 0 saturated carbocycles. The first-order chi connectivity index (χ1) is 16.7. The van der Waals surface area contributed by atoms with E-state index < -0.39 is 0 Å². The lowest BCUT2D eigenvalue weighted by molar-refractivity contribution is -0.132. The molecule has 4 nitrogen and oxygen atoms in total. The van der Waals surface area contributed by atoms with Crippen molar-refractivity contribution in [3.05, 3.63) is 108 Å². The monoisotopic (exact) mass is 449 g/mol. The van der Waals surface area contributed by atoms with Crippen molar-refractivity contribution >= 4 is 5.91 Å². The number of likely N-dealkylation sites (tertiary alicyclic amines) is 1. The highest BCUT2D eigenvalue weighted by Gasteiger charge is 2.24. The topological polar surface area (TPSA) is 38.1 Å². The van der Waals surface area contributed by atoms with Crippen LogP contribution < -0.4 is 0 Å². The fraction of sp³-hybridized carbons (Fsp3) is 0.267. The molecule has 34 heavy (non-hydrogen) atoms. The van der Waals surface area contributed by atoms with Gasteiger partial charge in [0, 0.05) is 42.7 Å². The Morgan fingerprint density at radius 3 is 2.21 bits per heavy atom. The highest BCUT2D eigenvalue weighted by Crippen LogP contribution is 2.29. The maximum Gasteiger partial charge on any atom is 0.222 e. The molecule has 0 aliphatic carbocycles. The molecule has 1 aromatic heterocycles. The molecule has 1 saturated heterocycles.